The molecular weight excluding hydrogens is 334 g/mol. The molecule has 2 heterocycles. The lowest BCUT2D eigenvalue weighted by molar-refractivity contribution is 0.338. The first-order valence-corrected chi connectivity index (χ1v) is 9.07. The molecule has 27 heavy (non-hydrogen) atoms. The van der Waals surface area contributed by atoms with Crippen molar-refractivity contribution in [2.75, 3.05) is 0 Å². The maximum atomic E-state index is 6.32. The lowest BCUT2D eigenvalue weighted by Gasteiger charge is -2.14. The Morgan fingerprint density at radius 3 is 2.15 bits per heavy atom. The van der Waals surface area contributed by atoms with Crippen LogP contribution >= 0.6 is 0 Å². The minimum absolute atomic E-state index is 0.0507. The van der Waals surface area contributed by atoms with Gasteiger partial charge in [0, 0.05) is 5.70 Å². The van der Waals surface area contributed by atoms with Crippen LogP contribution in [-0.4, -0.2) is 21.1 Å². The number of allylic oxidation sites excluding steroid dienone is 1. The van der Waals surface area contributed by atoms with Crippen molar-refractivity contribution in [1.29, 1.82) is 0 Å². The normalized spacial score (nSPS) is 18.6. The van der Waals surface area contributed by atoms with E-state index in [1.807, 2.05) is 48.0 Å². The summed E-state index contributed by atoms with van der Waals surface area (Å²) in [4.78, 5) is 0. The van der Waals surface area contributed by atoms with Gasteiger partial charge in [-0.05, 0) is 36.3 Å². The summed E-state index contributed by atoms with van der Waals surface area (Å²) in [6.45, 7) is 2.05. The van der Waals surface area contributed by atoms with Crippen molar-refractivity contribution in [3.05, 3.63) is 102 Å². The van der Waals surface area contributed by atoms with E-state index in [-0.39, 0.29) is 6.10 Å². The van der Waals surface area contributed by atoms with Crippen LogP contribution < -0.4 is 0 Å². The highest BCUT2D eigenvalue weighted by Gasteiger charge is 2.57. The average Bonchev–Trinajstić information content (AvgIpc) is 3.28. The molecule has 1 fully saturated rings. The van der Waals surface area contributed by atoms with E-state index in [0.29, 0.717) is 0 Å². The molecule has 0 radical (unpaired) electrons. The zero-order valence-corrected chi connectivity index (χ0v) is 15.0. The Labute approximate surface area is 157 Å². The maximum Gasteiger partial charge on any atom is 0.149 e. The molecule has 0 spiro atoms. The van der Waals surface area contributed by atoms with E-state index in [1.165, 1.54) is 0 Å². The van der Waals surface area contributed by atoms with Crippen molar-refractivity contribution in [3.8, 4) is 0 Å². The van der Waals surface area contributed by atoms with Crippen LogP contribution in [0.2, 0.25) is 0 Å². The van der Waals surface area contributed by atoms with Gasteiger partial charge in [-0.1, -0.05) is 78.0 Å². The van der Waals surface area contributed by atoms with Crippen molar-refractivity contribution in [1.82, 2.24) is 15.0 Å². The highest BCUT2D eigenvalue weighted by molar-refractivity contribution is 5.77. The number of fused-ring (bicyclic) bond motifs is 1. The number of ether oxygens (including phenoxy) is 1. The number of epoxide rings is 1. The lowest BCUT2D eigenvalue weighted by atomic mass is 9.87. The van der Waals surface area contributed by atoms with E-state index >= 15 is 0 Å². The van der Waals surface area contributed by atoms with Crippen molar-refractivity contribution in [2.24, 2.45) is 0 Å². The second-order valence-electron chi connectivity index (χ2n) is 6.80. The number of benzene rings is 3. The molecule has 0 bridgehead atoms. The van der Waals surface area contributed by atoms with Gasteiger partial charge in [-0.3, -0.25) is 0 Å². The van der Waals surface area contributed by atoms with Crippen LogP contribution in [0, 0.1) is 0 Å². The Bertz CT molecular complexity index is 1080. The fourth-order valence-corrected chi connectivity index (χ4v) is 3.74. The third-order valence-electron chi connectivity index (χ3n) is 5.14. The van der Waals surface area contributed by atoms with Crippen LogP contribution in [0.5, 0.6) is 0 Å². The Balaban J connectivity index is 1.56. The fourth-order valence-electron chi connectivity index (χ4n) is 3.74. The Morgan fingerprint density at radius 2 is 1.48 bits per heavy atom. The van der Waals surface area contributed by atoms with Crippen molar-refractivity contribution >= 4 is 16.7 Å². The number of hydrogen-bond acceptors (Lipinski definition) is 3. The van der Waals surface area contributed by atoms with Crippen molar-refractivity contribution in [3.63, 3.8) is 0 Å². The summed E-state index contributed by atoms with van der Waals surface area (Å²) in [7, 11) is 0. The van der Waals surface area contributed by atoms with E-state index in [4.69, 9.17) is 4.74 Å². The van der Waals surface area contributed by atoms with Gasteiger partial charge < -0.3 is 4.74 Å². The Morgan fingerprint density at radius 1 is 0.889 bits per heavy atom. The van der Waals surface area contributed by atoms with Gasteiger partial charge in [0.15, 0.2) is 0 Å². The molecule has 3 aromatic carbocycles. The van der Waals surface area contributed by atoms with E-state index in [2.05, 4.69) is 64.9 Å². The highest BCUT2D eigenvalue weighted by atomic mass is 16.6. The van der Waals surface area contributed by atoms with Crippen molar-refractivity contribution in [2.45, 2.75) is 18.6 Å². The molecule has 1 aromatic heterocycles. The molecule has 0 aliphatic carbocycles. The van der Waals surface area contributed by atoms with Crippen LogP contribution in [0.15, 0.2) is 91.0 Å². The zero-order valence-electron chi connectivity index (χ0n) is 15.0. The summed E-state index contributed by atoms with van der Waals surface area (Å²) in [5, 5.41) is 8.56. The number of aromatic nitrogens is 3. The standard InChI is InChI=1S/C23H19N3O/c1-17(26-21-15-9-8-14-20(21)24-25-26)16-22-23(27-22,18-10-4-2-5-11-18)19-12-6-3-7-13-19/h2-16,22H,1H3/b17-16+/t22-/m1/s1. The third-order valence-corrected chi connectivity index (χ3v) is 5.14. The smallest absolute Gasteiger partial charge is 0.149 e. The van der Waals surface area contributed by atoms with E-state index in [1.54, 1.807) is 0 Å². The van der Waals surface area contributed by atoms with E-state index in [9.17, 15) is 0 Å². The minimum Gasteiger partial charge on any atom is -0.351 e. The molecule has 4 aromatic rings. The summed E-state index contributed by atoms with van der Waals surface area (Å²) < 4.78 is 8.19. The molecule has 1 aliphatic heterocycles. The van der Waals surface area contributed by atoms with E-state index in [0.717, 1.165) is 27.9 Å². The summed E-state index contributed by atoms with van der Waals surface area (Å²) in [5.74, 6) is 0. The van der Waals surface area contributed by atoms with Gasteiger partial charge in [-0.25, -0.2) is 4.68 Å². The van der Waals surface area contributed by atoms with Gasteiger partial charge in [0.25, 0.3) is 0 Å². The molecule has 4 nitrogen and oxygen atoms in total. The molecule has 132 valence electrons. The second kappa shape index (κ2) is 6.18. The van der Waals surface area contributed by atoms with E-state index < -0.39 is 5.60 Å². The number of rotatable bonds is 4. The summed E-state index contributed by atoms with van der Waals surface area (Å²) >= 11 is 0. The van der Waals surface area contributed by atoms with Crippen LogP contribution in [0.4, 0.5) is 0 Å². The SMILES string of the molecule is C/C(=C\[C@H]1OC1(c1ccccc1)c1ccccc1)n1nnc2ccccc21. The second-order valence-corrected chi connectivity index (χ2v) is 6.80. The predicted octanol–water partition coefficient (Wildman–Crippen LogP) is 4.63. The molecule has 1 saturated heterocycles. The van der Waals surface area contributed by atoms with Crippen LogP contribution in [0.3, 0.4) is 0 Å². The molecule has 5 rings (SSSR count). The van der Waals surface area contributed by atoms with Gasteiger partial charge in [0.05, 0.1) is 5.52 Å². The predicted molar refractivity (Wildman–Crippen MR) is 106 cm³/mol. The first kappa shape index (κ1) is 16.0. The molecule has 0 amide bonds. The molecule has 4 heteroatoms. The number of para-hydroxylation sites is 1. The lowest BCUT2D eigenvalue weighted by Crippen LogP contribution is -2.14. The monoisotopic (exact) mass is 353 g/mol. The number of nitrogens with zero attached hydrogens (tertiary/aromatic N) is 3. The summed E-state index contributed by atoms with van der Waals surface area (Å²) in [5.41, 5.74) is 4.77. The fraction of sp³-hybridized carbons (Fsp3) is 0.130. The Hall–Kier alpha value is -3.24. The van der Waals surface area contributed by atoms with Gasteiger partial charge in [0.2, 0.25) is 0 Å². The molecule has 0 N–H and O–H groups in total. The van der Waals surface area contributed by atoms with Crippen molar-refractivity contribution < 1.29 is 4.74 Å². The largest absolute Gasteiger partial charge is 0.351 e. The summed E-state index contributed by atoms with van der Waals surface area (Å²) in [6, 6.07) is 28.8. The first-order valence-electron chi connectivity index (χ1n) is 9.07. The molecule has 0 saturated carbocycles. The van der Waals surface area contributed by atoms with Crippen LogP contribution in [0.25, 0.3) is 16.7 Å². The quantitative estimate of drug-likeness (QED) is 0.502. The van der Waals surface area contributed by atoms with Gasteiger partial charge in [0.1, 0.15) is 17.2 Å². The minimum atomic E-state index is -0.444. The first-order chi connectivity index (χ1) is 13.3. The van der Waals surface area contributed by atoms with Gasteiger partial charge in [-0.2, -0.15) is 0 Å². The summed E-state index contributed by atoms with van der Waals surface area (Å²) in [6.07, 6.45) is 2.09. The maximum absolute atomic E-state index is 6.32. The third kappa shape index (κ3) is 2.57. The van der Waals surface area contributed by atoms with Gasteiger partial charge >= 0.3 is 0 Å². The molecular formula is C23H19N3O. The van der Waals surface area contributed by atoms with Gasteiger partial charge in [-0.15, -0.1) is 5.10 Å². The Kier molecular flexibility index (Phi) is 3.66. The van der Waals surface area contributed by atoms with Crippen LogP contribution in [-0.2, 0) is 10.3 Å². The molecule has 1 aliphatic rings. The topological polar surface area (TPSA) is 43.2 Å². The zero-order chi connectivity index (χ0) is 18.3. The molecule has 1 atom stereocenters. The highest BCUT2D eigenvalue weighted by Crippen LogP contribution is 2.52. The van der Waals surface area contributed by atoms with Crippen LogP contribution in [0.1, 0.15) is 18.1 Å². The number of hydrogen-bond donors (Lipinski definition) is 0. The average molecular weight is 353 g/mol. The molecule has 0 unspecified atom stereocenters.